The van der Waals surface area contributed by atoms with E-state index in [9.17, 15) is 5.11 Å². The van der Waals surface area contributed by atoms with Crippen molar-refractivity contribution in [2.75, 3.05) is 13.6 Å². The summed E-state index contributed by atoms with van der Waals surface area (Å²) in [6.07, 6.45) is 8.68. The van der Waals surface area contributed by atoms with Crippen LogP contribution in [0.2, 0.25) is 0 Å². The lowest BCUT2D eigenvalue weighted by Crippen LogP contribution is -2.35. The summed E-state index contributed by atoms with van der Waals surface area (Å²) in [5, 5.41) is 14.5. The Bertz CT molecular complexity index is 388. The summed E-state index contributed by atoms with van der Waals surface area (Å²) in [7, 11) is 2.03. The van der Waals surface area contributed by atoms with Crippen LogP contribution in [0, 0.1) is 0 Å². The number of nitrogens with zero attached hydrogens (tertiary/aromatic N) is 3. The van der Waals surface area contributed by atoms with Gasteiger partial charge in [-0.15, -0.1) is 0 Å². The van der Waals surface area contributed by atoms with Gasteiger partial charge in [0.05, 0.1) is 17.3 Å². The van der Waals surface area contributed by atoms with Crippen molar-refractivity contribution in [3.8, 4) is 0 Å². The molecule has 1 aliphatic carbocycles. The number of rotatable bonds is 5. The third kappa shape index (κ3) is 4.62. The predicted octanol–water partition coefficient (Wildman–Crippen LogP) is 2.59. The highest BCUT2D eigenvalue weighted by Gasteiger charge is 2.18. The van der Waals surface area contributed by atoms with E-state index in [1.165, 1.54) is 32.1 Å². The Balaban J connectivity index is 1.89. The van der Waals surface area contributed by atoms with E-state index in [0.717, 1.165) is 12.2 Å². The van der Waals surface area contributed by atoms with Crippen LogP contribution in [0.4, 0.5) is 0 Å². The van der Waals surface area contributed by atoms with Crippen molar-refractivity contribution >= 4 is 0 Å². The highest BCUT2D eigenvalue weighted by Crippen LogP contribution is 2.27. The van der Waals surface area contributed by atoms with Gasteiger partial charge >= 0.3 is 0 Å². The van der Waals surface area contributed by atoms with Crippen molar-refractivity contribution in [3.05, 3.63) is 18.0 Å². The number of aromatic nitrogens is 2. The number of likely N-dealkylation sites (N-methyl/N-ethyl adjacent to an activating group) is 1. The van der Waals surface area contributed by atoms with Crippen molar-refractivity contribution in [1.82, 2.24) is 14.7 Å². The normalized spacial score (nSPS) is 18.2. The summed E-state index contributed by atoms with van der Waals surface area (Å²) < 4.78 is 2.15. The summed E-state index contributed by atoms with van der Waals surface area (Å²) >= 11 is 0. The topological polar surface area (TPSA) is 41.3 Å². The summed E-state index contributed by atoms with van der Waals surface area (Å²) in [6.45, 7) is 5.13. The lowest BCUT2D eigenvalue weighted by Gasteiger charge is -2.25. The van der Waals surface area contributed by atoms with Gasteiger partial charge < -0.3 is 5.11 Å². The minimum atomic E-state index is -0.652. The fourth-order valence-electron chi connectivity index (χ4n) is 3.00. The molecule has 2 rings (SSSR count). The van der Waals surface area contributed by atoms with Crippen LogP contribution in [0.5, 0.6) is 0 Å². The molecule has 1 heterocycles. The minimum absolute atomic E-state index is 0.599. The summed E-state index contributed by atoms with van der Waals surface area (Å²) in [6, 6.07) is 2.71. The van der Waals surface area contributed by atoms with Crippen LogP contribution in [0.25, 0.3) is 0 Å². The van der Waals surface area contributed by atoms with Crippen molar-refractivity contribution in [2.45, 2.75) is 64.1 Å². The van der Waals surface area contributed by atoms with Crippen molar-refractivity contribution < 1.29 is 5.11 Å². The molecule has 0 unspecified atom stereocenters. The predicted molar refractivity (Wildman–Crippen MR) is 77.0 cm³/mol. The van der Waals surface area contributed by atoms with E-state index in [-0.39, 0.29) is 0 Å². The van der Waals surface area contributed by atoms with Gasteiger partial charge in [0, 0.05) is 19.3 Å². The van der Waals surface area contributed by atoms with Gasteiger partial charge in [-0.05, 0) is 39.8 Å². The molecule has 0 spiro atoms. The van der Waals surface area contributed by atoms with Gasteiger partial charge in [-0.3, -0.25) is 9.58 Å². The Morgan fingerprint density at radius 1 is 1.37 bits per heavy atom. The molecule has 4 nitrogen and oxygen atoms in total. The molecule has 4 heteroatoms. The molecule has 1 saturated carbocycles. The van der Waals surface area contributed by atoms with Crippen molar-refractivity contribution in [2.24, 2.45) is 0 Å². The fourth-order valence-corrected chi connectivity index (χ4v) is 3.00. The molecule has 1 aliphatic rings. The Hall–Kier alpha value is -0.870. The minimum Gasteiger partial charge on any atom is -0.389 e. The molecule has 1 aromatic rings. The van der Waals surface area contributed by atoms with Crippen LogP contribution in [-0.2, 0) is 6.54 Å². The third-order valence-electron chi connectivity index (χ3n) is 3.70. The molecule has 1 N–H and O–H groups in total. The van der Waals surface area contributed by atoms with E-state index in [4.69, 9.17) is 5.10 Å². The third-order valence-corrected chi connectivity index (χ3v) is 3.70. The standard InChI is InChI=1S/C15H27N3O/c1-15(2,19)12-17(3)11-13-9-10-18(16-13)14-7-5-4-6-8-14/h9-10,14,19H,4-8,11-12H2,1-3H3. The van der Waals surface area contributed by atoms with Gasteiger partial charge in [-0.25, -0.2) is 0 Å². The molecule has 19 heavy (non-hydrogen) atoms. The first kappa shape index (κ1) is 14.5. The van der Waals surface area contributed by atoms with E-state index in [1.54, 1.807) is 0 Å². The average Bonchev–Trinajstić information content (AvgIpc) is 2.76. The molecule has 108 valence electrons. The monoisotopic (exact) mass is 265 g/mol. The zero-order valence-corrected chi connectivity index (χ0v) is 12.5. The van der Waals surface area contributed by atoms with Crippen molar-refractivity contribution in [1.29, 1.82) is 0 Å². The molecular weight excluding hydrogens is 238 g/mol. The summed E-state index contributed by atoms with van der Waals surface area (Å²) in [5.41, 5.74) is 0.443. The van der Waals surface area contributed by atoms with Gasteiger partial charge in [0.25, 0.3) is 0 Å². The van der Waals surface area contributed by atoms with Gasteiger partial charge in [-0.1, -0.05) is 19.3 Å². The molecule has 1 aromatic heterocycles. The first-order chi connectivity index (χ1) is 8.94. The van der Waals surface area contributed by atoms with Crippen LogP contribution in [0.1, 0.15) is 57.7 Å². The molecule has 0 atom stereocenters. The van der Waals surface area contributed by atoms with Gasteiger partial charge in [0.2, 0.25) is 0 Å². The molecule has 0 aromatic carbocycles. The zero-order valence-electron chi connectivity index (χ0n) is 12.5. The maximum Gasteiger partial charge on any atom is 0.0764 e. The molecule has 0 amide bonds. The number of aliphatic hydroxyl groups is 1. The lowest BCUT2D eigenvalue weighted by molar-refractivity contribution is 0.0421. The SMILES string of the molecule is CN(Cc1ccn(C2CCCCC2)n1)CC(C)(C)O. The number of hydrogen-bond donors (Lipinski definition) is 1. The second-order valence-electron chi connectivity index (χ2n) is 6.56. The second kappa shape index (κ2) is 6.06. The molecule has 0 aliphatic heterocycles. The van der Waals surface area contributed by atoms with Crippen LogP contribution in [0.15, 0.2) is 12.3 Å². The number of hydrogen-bond acceptors (Lipinski definition) is 3. The van der Waals surface area contributed by atoms with Crippen LogP contribution < -0.4 is 0 Å². The molecule has 1 fully saturated rings. The highest BCUT2D eigenvalue weighted by atomic mass is 16.3. The lowest BCUT2D eigenvalue weighted by atomic mass is 9.96. The van der Waals surface area contributed by atoms with Crippen LogP contribution in [0.3, 0.4) is 0 Å². The van der Waals surface area contributed by atoms with E-state index < -0.39 is 5.60 Å². The first-order valence-corrected chi connectivity index (χ1v) is 7.39. The van der Waals surface area contributed by atoms with E-state index in [2.05, 4.69) is 21.8 Å². The van der Waals surface area contributed by atoms with Gasteiger partial charge in [-0.2, -0.15) is 5.10 Å². The maximum absolute atomic E-state index is 9.81. The van der Waals surface area contributed by atoms with E-state index in [0.29, 0.717) is 12.6 Å². The van der Waals surface area contributed by atoms with Crippen LogP contribution >= 0.6 is 0 Å². The molecule has 0 radical (unpaired) electrons. The maximum atomic E-state index is 9.81. The van der Waals surface area contributed by atoms with Crippen LogP contribution in [-0.4, -0.2) is 39.0 Å². The zero-order chi connectivity index (χ0) is 13.9. The molecule has 0 saturated heterocycles. The Labute approximate surface area is 116 Å². The largest absolute Gasteiger partial charge is 0.389 e. The smallest absolute Gasteiger partial charge is 0.0764 e. The molecule has 0 bridgehead atoms. The average molecular weight is 265 g/mol. The Morgan fingerprint density at radius 3 is 2.68 bits per heavy atom. The molecular formula is C15H27N3O. The van der Waals surface area contributed by atoms with E-state index >= 15 is 0 Å². The fraction of sp³-hybridized carbons (Fsp3) is 0.800. The second-order valence-corrected chi connectivity index (χ2v) is 6.56. The summed E-state index contributed by atoms with van der Waals surface area (Å²) in [5.74, 6) is 0. The quantitative estimate of drug-likeness (QED) is 0.889. The Morgan fingerprint density at radius 2 is 2.05 bits per heavy atom. The Kier molecular flexibility index (Phi) is 4.63. The van der Waals surface area contributed by atoms with Crippen molar-refractivity contribution in [3.63, 3.8) is 0 Å². The van der Waals surface area contributed by atoms with Gasteiger partial charge in [0.15, 0.2) is 0 Å². The van der Waals surface area contributed by atoms with Gasteiger partial charge in [0.1, 0.15) is 0 Å². The summed E-state index contributed by atoms with van der Waals surface area (Å²) in [4.78, 5) is 2.12. The van der Waals surface area contributed by atoms with E-state index in [1.807, 2.05) is 20.9 Å². The first-order valence-electron chi connectivity index (χ1n) is 7.39. The highest BCUT2D eigenvalue weighted by molar-refractivity contribution is 5.00.